The van der Waals surface area contributed by atoms with Gasteiger partial charge in [-0.25, -0.2) is 4.98 Å². The molecule has 3 rings (SSSR count). The summed E-state index contributed by atoms with van der Waals surface area (Å²) in [5, 5.41) is 4.61. The minimum absolute atomic E-state index is 0.0195. The molecule has 0 aliphatic heterocycles. The molecule has 1 atom stereocenters. The molecule has 0 aliphatic rings. The van der Waals surface area contributed by atoms with E-state index in [1.54, 1.807) is 7.11 Å². The number of hydrogen-bond donors (Lipinski definition) is 1. The first-order valence-electron chi connectivity index (χ1n) is 7.46. The second-order valence-corrected chi connectivity index (χ2v) is 6.25. The van der Waals surface area contributed by atoms with Crippen LogP contribution < -0.4 is 10.9 Å². The Morgan fingerprint density at radius 3 is 2.83 bits per heavy atom. The van der Waals surface area contributed by atoms with Crippen LogP contribution in [0.15, 0.2) is 46.7 Å². The number of amides is 1. The summed E-state index contributed by atoms with van der Waals surface area (Å²) in [7, 11) is 1.56. The van der Waals surface area contributed by atoms with Crippen LogP contribution in [0.2, 0.25) is 0 Å². The molecule has 124 valence electrons. The van der Waals surface area contributed by atoms with E-state index in [4.69, 9.17) is 4.74 Å². The van der Waals surface area contributed by atoms with Crippen molar-refractivity contribution in [2.45, 2.75) is 13.0 Å². The zero-order chi connectivity index (χ0) is 17.1. The number of fused-ring (bicyclic) bond motifs is 1. The quantitative estimate of drug-likeness (QED) is 0.771. The zero-order valence-electron chi connectivity index (χ0n) is 13.4. The lowest BCUT2D eigenvalue weighted by Crippen LogP contribution is -2.39. The van der Waals surface area contributed by atoms with E-state index in [2.05, 4.69) is 10.3 Å². The molecule has 0 radical (unpaired) electrons. The minimum atomic E-state index is -0.448. The summed E-state index contributed by atoms with van der Waals surface area (Å²) >= 11 is 1.37. The number of nitrogens with one attached hydrogen (secondary N) is 1. The minimum Gasteiger partial charge on any atom is -0.383 e. The molecule has 2 aromatic heterocycles. The van der Waals surface area contributed by atoms with Gasteiger partial charge in [-0.2, -0.15) is 0 Å². The van der Waals surface area contributed by atoms with Crippen molar-refractivity contribution in [3.63, 3.8) is 0 Å². The number of carbonyl (C=O) groups is 1. The maximum atomic E-state index is 12.8. The summed E-state index contributed by atoms with van der Waals surface area (Å²) in [5.41, 5.74) is 1.28. The Labute approximate surface area is 142 Å². The Morgan fingerprint density at radius 2 is 2.12 bits per heavy atom. The van der Waals surface area contributed by atoms with Crippen LogP contribution in [-0.2, 0) is 4.74 Å². The van der Waals surface area contributed by atoms with E-state index in [-0.39, 0.29) is 17.2 Å². The lowest BCUT2D eigenvalue weighted by atomic mass is 10.2. The van der Waals surface area contributed by atoms with Crippen LogP contribution in [0.5, 0.6) is 0 Å². The third kappa shape index (κ3) is 3.08. The topological polar surface area (TPSA) is 72.7 Å². The molecule has 0 fully saturated rings. The van der Waals surface area contributed by atoms with Crippen molar-refractivity contribution >= 4 is 22.2 Å². The first-order chi connectivity index (χ1) is 11.6. The number of ether oxygens (including phenoxy) is 1. The standard InChI is InChI=1S/C17H17N3O3S/c1-11(9-23-2)19-15(21)13-8-18-17-20(16(13)22)14(10-24-17)12-6-4-3-5-7-12/h3-8,10-11H,9H2,1-2H3,(H,19,21)/t11-/m0/s1. The number of aromatic nitrogens is 2. The van der Waals surface area contributed by atoms with Crippen molar-refractivity contribution in [3.8, 4) is 11.3 Å². The predicted octanol–water partition coefficient (Wildman–Crippen LogP) is 2.19. The van der Waals surface area contributed by atoms with Gasteiger partial charge in [-0.1, -0.05) is 30.3 Å². The van der Waals surface area contributed by atoms with Crippen molar-refractivity contribution in [2.24, 2.45) is 0 Å². The number of benzene rings is 1. The van der Waals surface area contributed by atoms with Crippen LogP contribution in [0.1, 0.15) is 17.3 Å². The van der Waals surface area contributed by atoms with Crippen LogP contribution in [0, 0.1) is 0 Å². The molecule has 0 spiro atoms. The Bertz CT molecular complexity index is 918. The highest BCUT2D eigenvalue weighted by Crippen LogP contribution is 2.23. The highest BCUT2D eigenvalue weighted by atomic mass is 32.1. The van der Waals surface area contributed by atoms with Crippen LogP contribution >= 0.6 is 11.3 Å². The van der Waals surface area contributed by atoms with Gasteiger partial charge in [-0.05, 0) is 12.5 Å². The lowest BCUT2D eigenvalue weighted by Gasteiger charge is -2.12. The molecule has 2 heterocycles. The average molecular weight is 343 g/mol. The summed E-state index contributed by atoms with van der Waals surface area (Å²) in [6.45, 7) is 2.18. The number of thiazole rings is 1. The maximum Gasteiger partial charge on any atom is 0.271 e. The molecule has 0 saturated carbocycles. The third-order valence-electron chi connectivity index (χ3n) is 3.55. The third-order valence-corrected chi connectivity index (χ3v) is 4.39. The molecule has 1 amide bonds. The van der Waals surface area contributed by atoms with Gasteiger partial charge >= 0.3 is 0 Å². The zero-order valence-corrected chi connectivity index (χ0v) is 14.2. The molecular formula is C17H17N3O3S. The van der Waals surface area contributed by atoms with E-state index in [1.165, 1.54) is 21.9 Å². The first-order valence-corrected chi connectivity index (χ1v) is 8.34. The number of nitrogens with zero attached hydrogens (tertiary/aromatic N) is 2. The van der Waals surface area contributed by atoms with Crippen molar-refractivity contribution < 1.29 is 9.53 Å². The van der Waals surface area contributed by atoms with Gasteiger partial charge in [-0.3, -0.25) is 14.0 Å². The normalized spacial score (nSPS) is 12.2. The van der Waals surface area contributed by atoms with Gasteiger partial charge in [0.1, 0.15) is 5.56 Å². The fourth-order valence-electron chi connectivity index (χ4n) is 2.45. The number of carbonyl (C=O) groups excluding carboxylic acids is 1. The molecule has 24 heavy (non-hydrogen) atoms. The number of methoxy groups -OCH3 is 1. The Morgan fingerprint density at radius 1 is 1.38 bits per heavy atom. The fourth-order valence-corrected chi connectivity index (χ4v) is 3.31. The van der Waals surface area contributed by atoms with Crippen LogP contribution in [-0.4, -0.2) is 35.1 Å². The van der Waals surface area contributed by atoms with E-state index < -0.39 is 5.91 Å². The van der Waals surface area contributed by atoms with Gasteiger partial charge in [-0.15, -0.1) is 11.3 Å². The maximum absolute atomic E-state index is 12.8. The predicted molar refractivity (Wildman–Crippen MR) is 93.6 cm³/mol. The molecule has 3 aromatic rings. The molecule has 0 aliphatic carbocycles. The van der Waals surface area contributed by atoms with Crippen LogP contribution in [0.25, 0.3) is 16.2 Å². The molecule has 6 nitrogen and oxygen atoms in total. The highest BCUT2D eigenvalue weighted by Gasteiger charge is 2.18. The summed E-state index contributed by atoms with van der Waals surface area (Å²) in [5.74, 6) is -0.448. The van der Waals surface area contributed by atoms with Gasteiger partial charge in [0.2, 0.25) is 0 Å². The first kappa shape index (κ1) is 16.4. The van der Waals surface area contributed by atoms with Crippen molar-refractivity contribution in [2.75, 3.05) is 13.7 Å². The summed E-state index contributed by atoms with van der Waals surface area (Å²) in [4.78, 5) is 30.0. The SMILES string of the molecule is COC[C@H](C)NC(=O)c1cnc2scc(-c3ccccc3)n2c1=O. The largest absolute Gasteiger partial charge is 0.383 e. The van der Waals surface area contributed by atoms with Gasteiger partial charge in [0.15, 0.2) is 4.96 Å². The Kier molecular flexibility index (Phi) is 4.73. The van der Waals surface area contributed by atoms with Gasteiger partial charge < -0.3 is 10.1 Å². The van der Waals surface area contributed by atoms with Crippen molar-refractivity contribution in [1.29, 1.82) is 0 Å². The smallest absolute Gasteiger partial charge is 0.271 e. The van der Waals surface area contributed by atoms with E-state index in [9.17, 15) is 9.59 Å². The summed E-state index contributed by atoms with van der Waals surface area (Å²) < 4.78 is 6.48. The van der Waals surface area contributed by atoms with Crippen LogP contribution in [0.3, 0.4) is 0 Å². The van der Waals surface area contributed by atoms with E-state index in [0.717, 1.165) is 11.3 Å². The molecule has 1 aromatic carbocycles. The second-order valence-electron chi connectivity index (χ2n) is 5.41. The molecule has 1 N–H and O–H groups in total. The van der Waals surface area contributed by atoms with Gasteiger partial charge in [0.05, 0.1) is 12.3 Å². The van der Waals surface area contributed by atoms with Crippen molar-refractivity contribution in [3.05, 3.63) is 57.8 Å². The highest BCUT2D eigenvalue weighted by molar-refractivity contribution is 7.15. The summed E-state index contributed by atoms with van der Waals surface area (Å²) in [6.07, 6.45) is 1.33. The lowest BCUT2D eigenvalue weighted by molar-refractivity contribution is 0.0903. The van der Waals surface area contributed by atoms with Gasteiger partial charge in [0, 0.05) is 24.7 Å². The van der Waals surface area contributed by atoms with E-state index >= 15 is 0 Å². The molecule has 0 bridgehead atoms. The Balaban J connectivity index is 2.04. The van der Waals surface area contributed by atoms with Crippen LogP contribution in [0.4, 0.5) is 0 Å². The monoisotopic (exact) mass is 343 g/mol. The van der Waals surface area contributed by atoms with Gasteiger partial charge in [0.25, 0.3) is 11.5 Å². The molecule has 0 saturated heterocycles. The van der Waals surface area contributed by atoms with Crippen molar-refractivity contribution in [1.82, 2.24) is 14.7 Å². The Hall–Kier alpha value is -2.51. The molecular weight excluding hydrogens is 326 g/mol. The fraction of sp³-hybridized carbons (Fsp3) is 0.235. The molecule has 0 unspecified atom stereocenters. The van der Waals surface area contributed by atoms with E-state index in [0.29, 0.717) is 11.6 Å². The van der Waals surface area contributed by atoms with E-state index in [1.807, 2.05) is 42.6 Å². The number of hydrogen-bond acceptors (Lipinski definition) is 5. The summed E-state index contributed by atoms with van der Waals surface area (Å²) in [6, 6.07) is 9.36. The number of rotatable bonds is 5. The second kappa shape index (κ2) is 6.94. The average Bonchev–Trinajstić information content (AvgIpc) is 3.01. The molecule has 7 heteroatoms.